The Labute approximate surface area is 83.0 Å². The Morgan fingerprint density at radius 2 is 2.38 bits per heavy atom. The van der Waals surface area contributed by atoms with Crippen LogP contribution in [0.25, 0.3) is 0 Å². The Kier molecular flexibility index (Phi) is 3.75. The number of aliphatic carboxylic acids is 1. The zero-order chi connectivity index (χ0) is 9.84. The summed E-state index contributed by atoms with van der Waals surface area (Å²) in [5.41, 5.74) is 1.47. The first-order valence-corrected chi connectivity index (χ1v) is 4.79. The third kappa shape index (κ3) is 2.71. The van der Waals surface area contributed by atoms with Gasteiger partial charge in [0.15, 0.2) is 0 Å². The Hall–Kier alpha value is -0.540. The summed E-state index contributed by atoms with van der Waals surface area (Å²) in [5, 5.41) is 8.86. The molecule has 0 radical (unpaired) electrons. The summed E-state index contributed by atoms with van der Waals surface area (Å²) in [6.07, 6.45) is 1.83. The fourth-order valence-electron chi connectivity index (χ4n) is 1.73. The summed E-state index contributed by atoms with van der Waals surface area (Å²) >= 11 is 5.39. The second-order valence-corrected chi connectivity index (χ2v) is 3.75. The van der Waals surface area contributed by atoms with Crippen LogP contribution in [0.4, 0.5) is 0 Å². The van der Waals surface area contributed by atoms with E-state index in [1.807, 2.05) is 13.0 Å². The van der Waals surface area contributed by atoms with Crippen molar-refractivity contribution in [1.82, 2.24) is 4.90 Å². The van der Waals surface area contributed by atoms with Crippen molar-refractivity contribution < 1.29 is 9.90 Å². The van der Waals surface area contributed by atoms with Gasteiger partial charge in [0.2, 0.25) is 0 Å². The molecule has 0 aromatic rings. The monoisotopic (exact) mass is 203 g/mol. The van der Waals surface area contributed by atoms with Crippen molar-refractivity contribution in [3.63, 3.8) is 0 Å². The molecule has 0 unspecified atom stereocenters. The number of nitrogens with zero attached hydrogens (tertiary/aromatic N) is 1. The Morgan fingerprint density at radius 3 is 2.85 bits per heavy atom. The summed E-state index contributed by atoms with van der Waals surface area (Å²) in [5.74, 6) is -0.671. The Morgan fingerprint density at radius 1 is 1.69 bits per heavy atom. The van der Waals surface area contributed by atoms with E-state index in [0.717, 1.165) is 13.1 Å². The second kappa shape index (κ2) is 4.63. The number of halogens is 1. The number of hydrogen-bond acceptors (Lipinski definition) is 2. The molecule has 2 atom stereocenters. The zero-order valence-electron chi connectivity index (χ0n) is 7.61. The Bertz CT molecular complexity index is 218. The number of hydrogen-bond donors (Lipinski definition) is 1. The molecule has 4 heteroatoms. The highest BCUT2D eigenvalue weighted by Crippen LogP contribution is 2.22. The molecule has 1 saturated heterocycles. The van der Waals surface area contributed by atoms with Gasteiger partial charge in [0, 0.05) is 25.2 Å². The summed E-state index contributed by atoms with van der Waals surface area (Å²) in [6, 6.07) is 0. The lowest BCUT2D eigenvalue weighted by Crippen LogP contribution is -2.23. The maximum absolute atomic E-state index is 10.8. The quantitative estimate of drug-likeness (QED) is 0.754. The molecule has 1 N–H and O–H groups in total. The first kappa shape index (κ1) is 10.5. The van der Waals surface area contributed by atoms with Gasteiger partial charge in [-0.2, -0.15) is 0 Å². The predicted molar refractivity (Wildman–Crippen MR) is 51.7 cm³/mol. The van der Waals surface area contributed by atoms with Crippen molar-refractivity contribution in [2.75, 3.05) is 19.6 Å². The van der Waals surface area contributed by atoms with Gasteiger partial charge in [-0.1, -0.05) is 24.6 Å². The largest absolute Gasteiger partial charge is 0.481 e. The van der Waals surface area contributed by atoms with Crippen LogP contribution in [-0.4, -0.2) is 35.6 Å². The normalized spacial score (nSPS) is 30.0. The van der Waals surface area contributed by atoms with E-state index in [1.165, 1.54) is 5.54 Å². The molecule has 3 nitrogen and oxygen atoms in total. The molecule has 1 aliphatic rings. The van der Waals surface area contributed by atoms with Crippen LogP contribution >= 0.6 is 11.6 Å². The molecule has 1 fully saturated rings. The van der Waals surface area contributed by atoms with Crippen LogP contribution in [0.1, 0.15) is 6.92 Å². The second-order valence-electron chi connectivity index (χ2n) is 3.50. The molecular weight excluding hydrogens is 190 g/mol. The van der Waals surface area contributed by atoms with Crippen molar-refractivity contribution in [3.8, 4) is 0 Å². The zero-order valence-corrected chi connectivity index (χ0v) is 8.37. The van der Waals surface area contributed by atoms with E-state index in [9.17, 15) is 4.79 Å². The third-order valence-electron chi connectivity index (χ3n) is 2.46. The lowest BCUT2D eigenvalue weighted by Gasteiger charge is -2.11. The van der Waals surface area contributed by atoms with Gasteiger partial charge < -0.3 is 5.11 Å². The fraction of sp³-hybridized carbons (Fsp3) is 0.667. The van der Waals surface area contributed by atoms with Gasteiger partial charge in [0.05, 0.1) is 5.92 Å². The number of rotatable bonds is 3. The van der Waals surface area contributed by atoms with Crippen LogP contribution in [-0.2, 0) is 4.79 Å². The number of carboxylic acid groups (broad SMARTS) is 1. The molecule has 13 heavy (non-hydrogen) atoms. The standard InChI is InChI=1S/C9H14ClNO2/c1-7-5-11(4-2-3-10)6-8(7)9(12)13/h2-3,7-8H,4-6H2,1H3,(H,12,13)/b3-2+/t7-,8-/m1/s1. The molecule has 0 aromatic carbocycles. The van der Waals surface area contributed by atoms with E-state index in [1.54, 1.807) is 0 Å². The highest BCUT2D eigenvalue weighted by molar-refractivity contribution is 6.25. The van der Waals surface area contributed by atoms with E-state index in [0.29, 0.717) is 6.54 Å². The molecule has 0 spiro atoms. The molecule has 0 aromatic heterocycles. The molecule has 0 saturated carbocycles. The first-order chi connectivity index (χ1) is 6.15. The van der Waals surface area contributed by atoms with Gasteiger partial charge >= 0.3 is 5.97 Å². The lowest BCUT2D eigenvalue weighted by atomic mass is 9.99. The summed E-state index contributed by atoms with van der Waals surface area (Å²) in [4.78, 5) is 12.9. The number of likely N-dealkylation sites (tertiary alicyclic amines) is 1. The van der Waals surface area contributed by atoms with Crippen LogP contribution in [0.3, 0.4) is 0 Å². The smallest absolute Gasteiger partial charge is 0.308 e. The highest BCUT2D eigenvalue weighted by atomic mass is 35.5. The lowest BCUT2D eigenvalue weighted by molar-refractivity contribution is -0.142. The van der Waals surface area contributed by atoms with Crippen LogP contribution in [0.5, 0.6) is 0 Å². The molecule has 0 aliphatic carbocycles. The Balaban J connectivity index is 2.45. The number of carbonyl (C=O) groups is 1. The van der Waals surface area contributed by atoms with Crippen molar-refractivity contribution in [2.24, 2.45) is 11.8 Å². The predicted octanol–water partition coefficient (Wildman–Crippen LogP) is 1.39. The van der Waals surface area contributed by atoms with Crippen molar-refractivity contribution in [2.45, 2.75) is 6.92 Å². The summed E-state index contributed by atoms with van der Waals surface area (Å²) < 4.78 is 0. The topological polar surface area (TPSA) is 40.5 Å². The minimum Gasteiger partial charge on any atom is -0.481 e. The average Bonchev–Trinajstić information content (AvgIpc) is 2.43. The average molecular weight is 204 g/mol. The third-order valence-corrected chi connectivity index (χ3v) is 2.64. The SMILES string of the molecule is C[C@@H]1CN(C/C=C/Cl)C[C@H]1C(=O)O. The van der Waals surface area contributed by atoms with Gasteiger partial charge in [-0.25, -0.2) is 0 Å². The van der Waals surface area contributed by atoms with Crippen molar-refractivity contribution in [1.29, 1.82) is 0 Å². The molecule has 1 rings (SSSR count). The summed E-state index contributed by atoms with van der Waals surface area (Å²) in [6.45, 7) is 4.21. The number of carboxylic acids is 1. The van der Waals surface area contributed by atoms with Gasteiger partial charge in [0.1, 0.15) is 0 Å². The highest BCUT2D eigenvalue weighted by Gasteiger charge is 2.33. The van der Waals surface area contributed by atoms with E-state index in [4.69, 9.17) is 16.7 Å². The molecule has 74 valence electrons. The van der Waals surface area contributed by atoms with Gasteiger partial charge in [-0.05, 0) is 5.92 Å². The molecule has 1 aliphatic heterocycles. The van der Waals surface area contributed by atoms with Crippen molar-refractivity contribution >= 4 is 17.6 Å². The van der Waals surface area contributed by atoms with E-state index < -0.39 is 5.97 Å². The van der Waals surface area contributed by atoms with Crippen LogP contribution < -0.4 is 0 Å². The first-order valence-electron chi connectivity index (χ1n) is 4.35. The maximum atomic E-state index is 10.8. The van der Waals surface area contributed by atoms with Gasteiger partial charge in [-0.15, -0.1) is 0 Å². The molecule has 0 amide bonds. The summed E-state index contributed by atoms with van der Waals surface area (Å²) in [7, 11) is 0. The van der Waals surface area contributed by atoms with E-state index >= 15 is 0 Å². The molecular formula is C9H14ClNO2. The van der Waals surface area contributed by atoms with Gasteiger partial charge in [0.25, 0.3) is 0 Å². The minimum atomic E-state index is -0.690. The molecule has 0 bridgehead atoms. The van der Waals surface area contributed by atoms with Crippen molar-refractivity contribution in [3.05, 3.63) is 11.6 Å². The van der Waals surface area contributed by atoms with E-state index in [2.05, 4.69) is 4.90 Å². The fourth-order valence-corrected chi connectivity index (χ4v) is 1.81. The van der Waals surface area contributed by atoms with Crippen LogP contribution in [0.2, 0.25) is 0 Å². The maximum Gasteiger partial charge on any atom is 0.308 e. The van der Waals surface area contributed by atoms with E-state index in [-0.39, 0.29) is 11.8 Å². The van der Waals surface area contributed by atoms with Crippen LogP contribution in [0.15, 0.2) is 11.6 Å². The molecule has 1 heterocycles. The van der Waals surface area contributed by atoms with Crippen LogP contribution in [0, 0.1) is 11.8 Å². The van der Waals surface area contributed by atoms with Gasteiger partial charge in [-0.3, -0.25) is 9.69 Å². The minimum absolute atomic E-state index is 0.219.